The highest BCUT2D eigenvalue weighted by Gasteiger charge is 2.14. The Labute approximate surface area is 116 Å². The third-order valence-electron chi connectivity index (χ3n) is 2.85. The van der Waals surface area contributed by atoms with Gasteiger partial charge in [-0.3, -0.25) is 13.9 Å². The van der Waals surface area contributed by atoms with Gasteiger partial charge in [0.25, 0.3) is 5.56 Å². The number of nitrogens with one attached hydrogen (secondary N) is 1. The van der Waals surface area contributed by atoms with Crippen molar-refractivity contribution >= 4 is 17.4 Å². The van der Waals surface area contributed by atoms with Crippen molar-refractivity contribution < 1.29 is 0 Å². The molecule has 0 radical (unpaired) electrons. The molecule has 0 bridgehead atoms. The predicted octanol–water partition coefficient (Wildman–Crippen LogP) is 0.581. The summed E-state index contributed by atoms with van der Waals surface area (Å²) in [5, 5.41) is 11.7. The van der Waals surface area contributed by atoms with Crippen molar-refractivity contribution in [3.63, 3.8) is 0 Å². The lowest BCUT2D eigenvalue weighted by Gasteiger charge is -2.15. The van der Waals surface area contributed by atoms with E-state index in [4.69, 9.17) is 16.9 Å². The van der Waals surface area contributed by atoms with Crippen molar-refractivity contribution in [2.45, 2.75) is 19.3 Å². The molecule has 104 valence electrons. The van der Waals surface area contributed by atoms with E-state index in [1.54, 1.807) is 7.05 Å². The van der Waals surface area contributed by atoms with Gasteiger partial charge in [0.15, 0.2) is 0 Å². The van der Waals surface area contributed by atoms with Crippen molar-refractivity contribution in [3.05, 3.63) is 26.4 Å². The van der Waals surface area contributed by atoms with E-state index in [-0.39, 0.29) is 17.7 Å². The fraction of sp³-hybridized carbons (Fsp3) is 0.583. The molecule has 0 saturated heterocycles. The third kappa shape index (κ3) is 3.38. The summed E-state index contributed by atoms with van der Waals surface area (Å²) < 4.78 is 2.45. The molecule has 0 amide bonds. The van der Waals surface area contributed by atoms with Gasteiger partial charge in [-0.15, -0.1) is 11.6 Å². The SMILES string of the molecule is Cn1c(NCCCCl)c(CCC#N)c(=O)n(C)c1=O. The molecule has 6 nitrogen and oxygen atoms in total. The molecule has 0 fully saturated rings. The van der Waals surface area contributed by atoms with E-state index in [2.05, 4.69) is 5.32 Å². The maximum atomic E-state index is 12.1. The molecule has 1 rings (SSSR count). The van der Waals surface area contributed by atoms with Gasteiger partial charge in [0.05, 0.1) is 11.6 Å². The lowest BCUT2D eigenvalue weighted by Crippen LogP contribution is -2.40. The van der Waals surface area contributed by atoms with Crippen LogP contribution in [0.3, 0.4) is 0 Å². The lowest BCUT2D eigenvalue weighted by atomic mass is 10.1. The first kappa shape index (κ1) is 15.3. The maximum absolute atomic E-state index is 12.1. The van der Waals surface area contributed by atoms with Gasteiger partial charge in [-0.25, -0.2) is 4.79 Å². The molecule has 1 aromatic rings. The zero-order chi connectivity index (χ0) is 14.4. The molecule has 0 unspecified atom stereocenters. The Bertz CT molecular complexity index is 597. The molecule has 0 aliphatic heterocycles. The van der Waals surface area contributed by atoms with E-state index in [9.17, 15) is 9.59 Å². The number of hydrogen-bond acceptors (Lipinski definition) is 4. The van der Waals surface area contributed by atoms with Crippen LogP contribution in [-0.4, -0.2) is 21.6 Å². The van der Waals surface area contributed by atoms with Crippen LogP contribution >= 0.6 is 11.6 Å². The van der Waals surface area contributed by atoms with Gasteiger partial charge in [-0.2, -0.15) is 5.26 Å². The van der Waals surface area contributed by atoms with Crippen LogP contribution in [0.25, 0.3) is 0 Å². The van der Waals surface area contributed by atoms with Gasteiger partial charge in [0, 0.05) is 32.9 Å². The quantitative estimate of drug-likeness (QED) is 0.612. The summed E-state index contributed by atoms with van der Waals surface area (Å²) in [7, 11) is 3.03. The van der Waals surface area contributed by atoms with Gasteiger partial charge in [-0.1, -0.05) is 0 Å². The average molecular weight is 285 g/mol. The van der Waals surface area contributed by atoms with Gasteiger partial charge in [0.1, 0.15) is 5.82 Å². The van der Waals surface area contributed by atoms with E-state index in [1.807, 2.05) is 6.07 Å². The molecule has 1 N–H and O–H groups in total. The molecule has 1 aromatic heterocycles. The summed E-state index contributed by atoms with van der Waals surface area (Å²) in [5.74, 6) is 0.979. The second-order valence-electron chi connectivity index (χ2n) is 4.16. The average Bonchev–Trinajstić information content (AvgIpc) is 2.41. The number of alkyl halides is 1. The minimum absolute atomic E-state index is 0.234. The largest absolute Gasteiger partial charge is 0.371 e. The van der Waals surface area contributed by atoms with Gasteiger partial charge in [0.2, 0.25) is 0 Å². The topological polar surface area (TPSA) is 79.8 Å². The van der Waals surface area contributed by atoms with Crippen molar-refractivity contribution in [3.8, 4) is 6.07 Å². The van der Waals surface area contributed by atoms with Crippen LogP contribution in [0.4, 0.5) is 5.82 Å². The van der Waals surface area contributed by atoms with Crippen LogP contribution in [0.2, 0.25) is 0 Å². The number of nitriles is 1. The fourth-order valence-electron chi connectivity index (χ4n) is 1.82. The number of nitrogens with zero attached hydrogens (tertiary/aromatic N) is 3. The molecular formula is C12H17ClN4O2. The molecule has 0 atom stereocenters. The minimum Gasteiger partial charge on any atom is -0.371 e. The van der Waals surface area contributed by atoms with Crippen LogP contribution in [0, 0.1) is 11.3 Å². The molecule has 7 heteroatoms. The number of hydrogen-bond donors (Lipinski definition) is 1. The van der Waals surface area contributed by atoms with Crippen molar-refractivity contribution in [1.29, 1.82) is 5.26 Å². The summed E-state index contributed by atoms with van der Waals surface area (Å²) >= 11 is 5.60. The first-order valence-electron chi connectivity index (χ1n) is 6.00. The first-order chi connectivity index (χ1) is 9.04. The number of anilines is 1. The summed E-state index contributed by atoms with van der Waals surface area (Å²) in [5.41, 5.74) is -0.286. The molecule has 1 heterocycles. The van der Waals surface area contributed by atoms with E-state index < -0.39 is 0 Å². The zero-order valence-electron chi connectivity index (χ0n) is 11.1. The molecule has 0 aliphatic rings. The highest BCUT2D eigenvalue weighted by Crippen LogP contribution is 2.10. The second kappa shape index (κ2) is 7.00. The van der Waals surface area contributed by atoms with Crippen molar-refractivity contribution in [1.82, 2.24) is 9.13 Å². The van der Waals surface area contributed by atoms with Crippen molar-refractivity contribution in [2.75, 3.05) is 17.7 Å². The Morgan fingerprint density at radius 3 is 2.58 bits per heavy atom. The van der Waals surface area contributed by atoms with Crippen LogP contribution in [0.15, 0.2) is 9.59 Å². The first-order valence-corrected chi connectivity index (χ1v) is 6.53. The lowest BCUT2D eigenvalue weighted by molar-refractivity contribution is 0.670. The molecule has 0 aliphatic carbocycles. The second-order valence-corrected chi connectivity index (χ2v) is 4.54. The molecular weight excluding hydrogens is 268 g/mol. The van der Waals surface area contributed by atoms with Gasteiger partial charge >= 0.3 is 5.69 Å². The Hall–Kier alpha value is -1.74. The van der Waals surface area contributed by atoms with Gasteiger partial charge < -0.3 is 5.32 Å². The highest BCUT2D eigenvalue weighted by atomic mass is 35.5. The predicted molar refractivity (Wildman–Crippen MR) is 74.7 cm³/mol. The third-order valence-corrected chi connectivity index (χ3v) is 3.11. The Morgan fingerprint density at radius 1 is 1.32 bits per heavy atom. The van der Waals surface area contributed by atoms with Crippen LogP contribution in [0.1, 0.15) is 18.4 Å². The van der Waals surface area contributed by atoms with E-state index in [0.29, 0.717) is 30.2 Å². The monoisotopic (exact) mass is 284 g/mol. The smallest absolute Gasteiger partial charge is 0.332 e. The van der Waals surface area contributed by atoms with E-state index in [1.165, 1.54) is 11.6 Å². The standard InChI is InChI=1S/C12H17ClN4O2/c1-16-10(15-8-4-6-13)9(5-3-7-14)11(18)17(2)12(16)19/h15H,3-6,8H2,1-2H3. The molecule has 0 spiro atoms. The summed E-state index contributed by atoms with van der Waals surface area (Å²) in [6.07, 6.45) is 1.28. The fourth-order valence-corrected chi connectivity index (χ4v) is 1.95. The number of rotatable bonds is 6. The zero-order valence-corrected chi connectivity index (χ0v) is 11.8. The molecule has 19 heavy (non-hydrogen) atoms. The Balaban J connectivity index is 3.27. The highest BCUT2D eigenvalue weighted by molar-refractivity contribution is 6.17. The van der Waals surface area contributed by atoms with Gasteiger partial charge in [-0.05, 0) is 12.8 Å². The minimum atomic E-state index is -0.390. The number of halogens is 1. The Kier molecular flexibility index (Phi) is 5.64. The van der Waals surface area contributed by atoms with Crippen LogP contribution < -0.4 is 16.6 Å². The number of aromatic nitrogens is 2. The summed E-state index contributed by atoms with van der Waals surface area (Å²) in [6, 6.07) is 2.01. The van der Waals surface area contributed by atoms with E-state index >= 15 is 0 Å². The van der Waals surface area contributed by atoms with Crippen LogP contribution in [-0.2, 0) is 20.5 Å². The molecule has 0 saturated carbocycles. The van der Waals surface area contributed by atoms with Crippen LogP contribution in [0.5, 0.6) is 0 Å². The maximum Gasteiger partial charge on any atom is 0.332 e. The van der Waals surface area contributed by atoms with Crippen molar-refractivity contribution in [2.24, 2.45) is 14.1 Å². The summed E-state index contributed by atoms with van der Waals surface area (Å²) in [4.78, 5) is 23.9. The Morgan fingerprint density at radius 2 is 2.00 bits per heavy atom. The molecule has 0 aromatic carbocycles. The normalized spacial score (nSPS) is 10.2. The summed E-state index contributed by atoms with van der Waals surface area (Å²) in [6.45, 7) is 0.573. The van der Waals surface area contributed by atoms with E-state index in [0.717, 1.165) is 11.0 Å².